The van der Waals surface area contributed by atoms with Crippen LogP contribution in [0.2, 0.25) is 0 Å². The molecule has 0 aromatic heterocycles. The fourth-order valence-electron chi connectivity index (χ4n) is 3.53. The molecule has 1 saturated heterocycles. The van der Waals surface area contributed by atoms with Gasteiger partial charge in [0, 0.05) is 25.9 Å². The number of methoxy groups -OCH3 is 2. The third-order valence-corrected chi connectivity index (χ3v) is 5.16. The van der Waals surface area contributed by atoms with E-state index in [-0.39, 0.29) is 24.3 Å². The number of amides is 1. The smallest absolute Gasteiger partial charge is 0.407 e. The largest absolute Gasteiger partial charge is 0.496 e. The monoisotopic (exact) mass is 414 g/mol. The Balaban J connectivity index is 1.60. The molecule has 2 aromatic rings. The Bertz CT molecular complexity index is 873. The van der Waals surface area contributed by atoms with Crippen molar-refractivity contribution in [1.29, 1.82) is 0 Å². The zero-order valence-electron chi connectivity index (χ0n) is 17.0. The minimum Gasteiger partial charge on any atom is -0.496 e. The summed E-state index contributed by atoms with van der Waals surface area (Å²) in [6, 6.07) is 14.3. The highest BCUT2D eigenvalue weighted by atomic mass is 16.5. The van der Waals surface area contributed by atoms with Gasteiger partial charge in [0.05, 0.1) is 19.3 Å². The van der Waals surface area contributed by atoms with Crippen LogP contribution in [0.5, 0.6) is 5.75 Å². The normalized spacial score (nSPS) is 18.5. The Morgan fingerprint density at radius 1 is 1.17 bits per heavy atom. The number of hydrogen-bond acceptors (Lipinski definition) is 6. The molecule has 0 bridgehead atoms. The molecular weight excluding hydrogens is 388 g/mol. The number of carbonyl (C=O) groups is 2. The van der Waals surface area contributed by atoms with Crippen LogP contribution in [0.15, 0.2) is 48.5 Å². The summed E-state index contributed by atoms with van der Waals surface area (Å²) < 4.78 is 16.0. The lowest BCUT2D eigenvalue weighted by Crippen LogP contribution is -2.55. The number of carboxylic acid groups (broad SMARTS) is 1. The Morgan fingerprint density at radius 2 is 1.93 bits per heavy atom. The average molecular weight is 414 g/mol. The number of aromatic carboxylic acids is 1. The summed E-state index contributed by atoms with van der Waals surface area (Å²) in [5, 5.41) is 12.3. The number of alkyl carbamates (subject to hydrolysis) is 1. The number of anilines is 1. The predicted molar refractivity (Wildman–Crippen MR) is 111 cm³/mol. The summed E-state index contributed by atoms with van der Waals surface area (Å²) in [6.07, 6.45) is -0.122. The van der Waals surface area contributed by atoms with Gasteiger partial charge < -0.3 is 29.5 Å². The van der Waals surface area contributed by atoms with Gasteiger partial charge in [0.2, 0.25) is 0 Å². The highest BCUT2D eigenvalue weighted by Crippen LogP contribution is 2.28. The molecule has 1 fully saturated rings. The molecule has 2 atom stereocenters. The first-order valence-electron chi connectivity index (χ1n) is 9.68. The molecule has 2 aromatic carbocycles. The number of hydrogen-bond donors (Lipinski definition) is 2. The highest BCUT2D eigenvalue weighted by molar-refractivity contribution is 5.92. The number of piperidine rings is 1. The molecule has 0 saturated carbocycles. The van der Waals surface area contributed by atoms with E-state index >= 15 is 0 Å². The molecule has 1 amide bonds. The van der Waals surface area contributed by atoms with Crippen LogP contribution in [-0.2, 0) is 16.1 Å². The van der Waals surface area contributed by atoms with Crippen molar-refractivity contribution in [1.82, 2.24) is 5.32 Å². The van der Waals surface area contributed by atoms with Crippen LogP contribution < -0.4 is 15.0 Å². The number of benzene rings is 2. The van der Waals surface area contributed by atoms with Gasteiger partial charge in [-0.1, -0.05) is 30.3 Å². The summed E-state index contributed by atoms with van der Waals surface area (Å²) in [7, 11) is 3.03. The van der Waals surface area contributed by atoms with Gasteiger partial charge in [0.15, 0.2) is 0 Å². The lowest BCUT2D eigenvalue weighted by atomic mass is 10.0. The second-order valence-corrected chi connectivity index (χ2v) is 7.01. The van der Waals surface area contributed by atoms with Crippen LogP contribution in [0, 0.1) is 0 Å². The fraction of sp³-hybridized carbons (Fsp3) is 0.364. The minimum atomic E-state index is -1.05. The Morgan fingerprint density at radius 3 is 2.60 bits per heavy atom. The summed E-state index contributed by atoms with van der Waals surface area (Å²) in [6.45, 7) is 1.34. The maximum absolute atomic E-state index is 12.2. The van der Waals surface area contributed by atoms with Crippen LogP contribution in [0.3, 0.4) is 0 Å². The second-order valence-electron chi connectivity index (χ2n) is 7.01. The molecule has 2 N–H and O–H groups in total. The van der Waals surface area contributed by atoms with Crippen molar-refractivity contribution in [2.75, 3.05) is 32.2 Å². The number of ether oxygens (including phenoxy) is 3. The molecule has 160 valence electrons. The summed E-state index contributed by atoms with van der Waals surface area (Å²) in [4.78, 5) is 25.7. The first-order valence-corrected chi connectivity index (χ1v) is 9.68. The van der Waals surface area contributed by atoms with Gasteiger partial charge in [-0.25, -0.2) is 9.59 Å². The van der Waals surface area contributed by atoms with E-state index in [9.17, 15) is 14.7 Å². The van der Waals surface area contributed by atoms with Crippen molar-refractivity contribution in [3.63, 3.8) is 0 Å². The van der Waals surface area contributed by atoms with Crippen LogP contribution >= 0.6 is 0 Å². The standard InChI is InChI=1S/C22H26N2O6/c1-28-19-9-8-16(12-17(19)21(25)26)24-11-10-18(20(13-24)29-2)23-22(27)30-14-15-6-4-3-5-7-15/h3-9,12,18,20H,10-11,13-14H2,1-2H3,(H,23,27)(H,25,26). The van der Waals surface area contributed by atoms with E-state index < -0.39 is 12.1 Å². The molecule has 1 aliphatic heterocycles. The van der Waals surface area contributed by atoms with Gasteiger partial charge in [0.1, 0.15) is 17.9 Å². The van der Waals surface area contributed by atoms with Crippen LogP contribution in [-0.4, -0.2) is 56.6 Å². The van der Waals surface area contributed by atoms with Gasteiger partial charge in [0.25, 0.3) is 0 Å². The quantitative estimate of drug-likeness (QED) is 0.719. The predicted octanol–water partition coefficient (Wildman–Crippen LogP) is 2.91. The van der Waals surface area contributed by atoms with Crippen molar-refractivity contribution in [2.45, 2.75) is 25.2 Å². The van der Waals surface area contributed by atoms with E-state index in [1.807, 2.05) is 41.3 Å². The Labute approximate surface area is 175 Å². The topological polar surface area (TPSA) is 97.3 Å². The Kier molecular flexibility index (Phi) is 7.13. The molecule has 0 radical (unpaired) electrons. The molecule has 0 spiro atoms. The zero-order chi connectivity index (χ0) is 21.5. The molecule has 0 aliphatic carbocycles. The molecule has 1 heterocycles. The summed E-state index contributed by atoms with van der Waals surface area (Å²) in [5.41, 5.74) is 1.79. The number of rotatable bonds is 7. The van der Waals surface area contributed by atoms with E-state index in [1.165, 1.54) is 7.11 Å². The van der Waals surface area contributed by atoms with Gasteiger partial charge >= 0.3 is 12.1 Å². The SMILES string of the molecule is COc1ccc(N2CCC(NC(=O)OCc3ccccc3)C(OC)C2)cc1C(=O)O. The molecule has 1 aliphatic rings. The highest BCUT2D eigenvalue weighted by Gasteiger charge is 2.31. The van der Waals surface area contributed by atoms with Crippen molar-refractivity contribution in [2.24, 2.45) is 0 Å². The molecule has 2 unspecified atom stereocenters. The van der Waals surface area contributed by atoms with E-state index in [0.717, 1.165) is 11.3 Å². The van der Waals surface area contributed by atoms with Crippen molar-refractivity contribution in [3.05, 3.63) is 59.7 Å². The maximum atomic E-state index is 12.2. The fourth-order valence-corrected chi connectivity index (χ4v) is 3.53. The second kappa shape index (κ2) is 9.98. The van der Waals surface area contributed by atoms with E-state index in [0.29, 0.717) is 25.3 Å². The first kappa shape index (κ1) is 21.4. The summed E-state index contributed by atoms with van der Waals surface area (Å²) in [5.74, 6) is -0.734. The third kappa shape index (κ3) is 5.21. The lowest BCUT2D eigenvalue weighted by molar-refractivity contribution is 0.0546. The van der Waals surface area contributed by atoms with Gasteiger partial charge in [-0.3, -0.25) is 0 Å². The molecule has 30 heavy (non-hydrogen) atoms. The lowest BCUT2D eigenvalue weighted by Gasteiger charge is -2.39. The summed E-state index contributed by atoms with van der Waals surface area (Å²) >= 11 is 0. The number of nitrogens with zero attached hydrogens (tertiary/aromatic N) is 1. The third-order valence-electron chi connectivity index (χ3n) is 5.16. The first-order chi connectivity index (χ1) is 14.5. The van der Waals surface area contributed by atoms with Crippen molar-refractivity contribution < 1.29 is 28.9 Å². The van der Waals surface area contributed by atoms with Crippen molar-refractivity contribution >= 4 is 17.7 Å². The number of carbonyl (C=O) groups excluding carboxylic acids is 1. The van der Waals surface area contributed by atoms with E-state index in [1.54, 1.807) is 19.2 Å². The number of nitrogens with one attached hydrogen (secondary N) is 1. The molecule has 8 nitrogen and oxygen atoms in total. The molecule has 3 rings (SSSR count). The molecule has 8 heteroatoms. The van der Waals surface area contributed by atoms with E-state index in [4.69, 9.17) is 14.2 Å². The van der Waals surface area contributed by atoms with Gasteiger partial charge in [-0.05, 0) is 30.2 Å². The van der Waals surface area contributed by atoms with Crippen LogP contribution in [0.4, 0.5) is 10.5 Å². The Hall–Kier alpha value is -3.26. The van der Waals surface area contributed by atoms with E-state index in [2.05, 4.69) is 5.32 Å². The number of carboxylic acids is 1. The minimum absolute atomic E-state index is 0.105. The zero-order valence-corrected chi connectivity index (χ0v) is 17.0. The molecular formula is C22H26N2O6. The van der Waals surface area contributed by atoms with Crippen LogP contribution in [0.1, 0.15) is 22.3 Å². The maximum Gasteiger partial charge on any atom is 0.407 e. The van der Waals surface area contributed by atoms with Gasteiger partial charge in [-0.2, -0.15) is 0 Å². The van der Waals surface area contributed by atoms with Crippen LogP contribution in [0.25, 0.3) is 0 Å². The van der Waals surface area contributed by atoms with Crippen molar-refractivity contribution in [3.8, 4) is 5.75 Å². The van der Waals surface area contributed by atoms with Gasteiger partial charge in [-0.15, -0.1) is 0 Å². The average Bonchev–Trinajstić information content (AvgIpc) is 2.78.